The zero-order chi connectivity index (χ0) is 22.0. The van der Waals surface area contributed by atoms with E-state index < -0.39 is 4.92 Å². The third-order valence-corrected chi connectivity index (χ3v) is 5.96. The van der Waals surface area contributed by atoms with Crippen molar-refractivity contribution in [2.24, 2.45) is 0 Å². The van der Waals surface area contributed by atoms with Crippen LogP contribution in [0.2, 0.25) is 0 Å². The van der Waals surface area contributed by atoms with Gasteiger partial charge in [-0.15, -0.1) is 0 Å². The lowest BCUT2D eigenvalue weighted by Gasteiger charge is -2.34. The molecule has 2 amide bonds. The van der Waals surface area contributed by atoms with E-state index in [1.54, 1.807) is 29.0 Å². The minimum absolute atomic E-state index is 0.0750. The molecular weight excluding hydrogens is 424 g/mol. The Morgan fingerprint density at radius 2 is 1.77 bits per heavy atom. The number of carbonyl (C=O) groups is 2. The number of nitro groups is 1. The zero-order valence-electron chi connectivity index (χ0n) is 16.5. The Labute approximate surface area is 180 Å². The molecule has 0 bridgehead atoms. The Morgan fingerprint density at radius 3 is 2.42 bits per heavy atom. The van der Waals surface area contributed by atoms with E-state index in [2.05, 4.69) is 5.16 Å². The third-order valence-electron chi connectivity index (χ3n) is 4.94. The maximum Gasteiger partial charge on any atom is 0.324 e. The first-order chi connectivity index (χ1) is 15.0. The van der Waals surface area contributed by atoms with E-state index in [4.69, 9.17) is 9.26 Å². The molecule has 0 N–H and O–H groups in total. The highest BCUT2D eigenvalue weighted by molar-refractivity contribution is 7.17. The summed E-state index contributed by atoms with van der Waals surface area (Å²) < 4.78 is 10.7. The zero-order valence-corrected chi connectivity index (χ0v) is 17.3. The average molecular weight is 442 g/mol. The summed E-state index contributed by atoms with van der Waals surface area (Å²) in [6.45, 7) is 1.31. The maximum atomic E-state index is 12.8. The molecule has 1 aromatic carbocycles. The normalized spacial score (nSPS) is 13.8. The van der Waals surface area contributed by atoms with Crippen molar-refractivity contribution in [2.75, 3.05) is 33.3 Å². The number of ether oxygens (including phenoxy) is 1. The molecule has 0 aliphatic carbocycles. The minimum atomic E-state index is -0.519. The van der Waals surface area contributed by atoms with E-state index in [-0.39, 0.29) is 22.5 Å². The van der Waals surface area contributed by atoms with E-state index in [0.29, 0.717) is 48.1 Å². The first-order valence-electron chi connectivity index (χ1n) is 9.41. The van der Waals surface area contributed by atoms with Gasteiger partial charge in [0, 0.05) is 38.3 Å². The van der Waals surface area contributed by atoms with Crippen molar-refractivity contribution in [1.29, 1.82) is 0 Å². The predicted octanol–water partition coefficient (Wildman–Crippen LogP) is 2.92. The van der Waals surface area contributed by atoms with Crippen LogP contribution in [-0.2, 0) is 0 Å². The summed E-state index contributed by atoms with van der Waals surface area (Å²) in [5, 5.41) is 14.6. The Morgan fingerprint density at radius 1 is 1.10 bits per heavy atom. The second kappa shape index (κ2) is 8.56. The van der Waals surface area contributed by atoms with E-state index >= 15 is 0 Å². The van der Waals surface area contributed by atoms with Crippen LogP contribution in [0.15, 0.2) is 47.0 Å². The number of hydrogen-bond donors (Lipinski definition) is 0. The van der Waals surface area contributed by atoms with Gasteiger partial charge < -0.3 is 19.1 Å². The molecular formula is C20H18N4O6S. The van der Waals surface area contributed by atoms with E-state index in [0.717, 1.165) is 11.3 Å². The fraction of sp³-hybridized carbons (Fsp3) is 0.250. The fourth-order valence-corrected chi connectivity index (χ4v) is 4.11. The van der Waals surface area contributed by atoms with Crippen molar-refractivity contribution in [1.82, 2.24) is 15.0 Å². The number of nitrogens with zero attached hydrogens (tertiary/aromatic N) is 4. The van der Waals surface area contributed by atoms with Crippen molar-refractivity contribution in [3.8, 4) is 17.1 Å². The number of aromatic nitrogens is 1. The molecule has 160 valence electrons. The van der Waals surface area contributed by atoms with Crippen molar-refractivity contribution >= 4 is 28.2 Å². The Kier molecular flexibility index (Phi) is 5.67. The van der Waals surface area contributed by atoms with Crippen molar-refractivity contribution < 1.29 is 23.8 Å². The second-order valence-corrected chi connectivity index (χ2v) is 7.82. The molecule has 1 saturated heterocycles. The molecule has 11 heteroatoms. The summed E-state index contributed by atoms with van der Waals surface area (Å²) >= 11 is 0.847. The molecule has 0 saturated carbocycles. The molecule has 3 aromatic rings. The van der Waals surface area contributed by atoms with Gasteiger partial charge >= 0.3 is 5.00 Å². The molecule has 1 aliphatic rings. The molecule has 2 aromatic heterocycles. The van der Waals surface area contributed by atoms with Crippen LogP contribution in [0.3, 0.4) is 0 Å². The molecule has 0 radical (unpaired) electrons. The van der Waals surface area contributed by atoms with Gasteiger partial charge in [0.2, 0.25) is 0 Å². The number of methoxy groups -OCH3 is 1. The number of hydrogen-bond acceptors (Lipinski definition) is 8. The van der Waals surface area contributed by atoms with Crippen molar-refractivity contribution in [3.05, 3.63) is 63.1 Å². The fourth-order valence-electron chi connectivity index (χ4n) is 3.32. The number of carbonyl (C=O) groups excluding carboxylic acids is 2. The van der Waals surface area contributed by atoms with Crippen LogP contribution < -0.4 is 4.74 Å². The van der Waals surface area contributed by atoms with Crippen molar-refractivity contribution in [3.63, 3.8) is 0 Å². The Balaban J connectivity index is 1.40. The molecule has 4 rings (SSSR count). The number of benzene rings is 1. The molecule has 0 spiro atoms. The monoisotopic (exact) mass is 442 g/mol. The Hall–Kier alpha value is -3.73. The maximum absolute atomic E-state index is 12.8. The molecule has 0 unspecified atom stereocenters. The number of piperazine rings is 1. The van der Waals surface area contributed by atoms with Crippen molar-refractivity contribution in [2.45, 2.75) is 0 Å². The summed E-state index contributed by atoms with van der Waals surface area (Å²) in [5.74, 6) is 0.473. The van der Waals surface area contributed by atoms with Gasteiger partial charge in [0.25, 0.3) is 11.8 Å². The molecule has 0 atom stereocenters. The first-order valence-corrected chi connectivity index (χ1v) is 10.2. The lowest BCUT2D eigenvalue weighted by Crippen LogP contribution is -2.50. The van der Waals surface area contributed by atoms with Crippen LogP contribution in [0.5, 0.6) is 5.75 Å². The summed E-state index contributed by atoms with van der Waals surface area (Å²) in [6.07, 6.45) is 0. The quantitative estimate of drug-likeness (QED) is 0.440. The first kappa shape index (κ1) is 20.5. The lowest BCUT2D eigenvalue weighted by atomic mass is 10.1. The van der Waals surface area contributed by atoms with Gasteiger partial charge in [0.1, 0.15) is 5.75 Å². The highest BCUT2D eigenvalue weighted by Gasteiger charge is 2.28. The summed E-state index contributed by atoms with van der Waals surface area (Å²) in [5.41, 5.74) is 0.867. The topological polar surface area (TPSA) is 119 Å². The Bertz CT molecular complexity index is 1130. The lowest BCUT2D eigenvalue weighted by molar-refractivity contribution is -0.380. The number of amides is 2. The van der Waals surface area contributed by atoms with Crippen LogP contribution in [-0.4, -0.2) is 65.0 Å². The summed E-state index contributed by atoms with van der Waals surface area (Å²) in [6, 6.07) is 11.6. The summed E-state index contributed by atoms with van der Waals surface area (Å²) in [7, 11) is 1.55. The largest absolute Gasteiger partial charge is 0.496 e. The molecule has 1 aliphatic heterocycles. The van der Waals surface area contributed by atoms with E-state index in [9.17, 15) is 19.7 Å². The van der Waals surface area contributed by atoms with Gasteiger partial charge in [-0.05, 0) is 18.2 Å². The predicted molar refractivity (Wildman–Crippen MR) is 111 cm³/mol. The highest BCUT2D eigenvalue weighted by Crippen LogP contribution is 2.30. The second-order valence-electron chi connectivity index (χ2n) is 6.76. The van der Waals surface area contributed by atoms with E-state index in [1.807, 2.05) is 18.2 Å². The third kappa shape index (κ3) is 4.12. The van der Waals surface area contributed by atoms with Gasteiger partial charge in [-0.1, -0.05) is 28.6 Å². The SMILES string of the molecule is COc1ccccc1-c1cc(C(=O)N2CCN(C(=O)c3ccc([N+](=O)[O-])s3)CC2)no1. The molecule has 1 fully saturated rings. The molecule has 10 nitrogen and oxygen atoms in total. The standard InChI is InChI=1S/C20H18N4O6S/c1-29-15-5-3-2-4-13(15)16-12-14(21-30-16)19(25)22-8-10-23(11-9-22)20(26)17-6-7-18(31-17)24(27)28/h2-7,12H,8-11H2,1H3. The van der Waals surface area contributed by atoms with Crippen LogP contribution in [0.1, 0.15) is 20.2 Å². The smallest absolute Gasteiger partial charge is 0.324 e. The average Bonchev–Trinajstić information content (AvgIpc) is 3.48. The van der Waals surface area contributed by atoms with Gasteiger partial charge in [-0.3, -0.25) is 19.7 Å². The summed E-state index contributed by atoms with van der Waals surface area (Å²) in [4.78, 5) is 39.2. The number of rotatable bonds is 5. The van der Waals surface area contributed by atoms with Gasteiger partial charge in [-0.2, -0.15) is 0 Å². The van der Waals surface area contributed by atoms with Crippen LogP contribution >= 0.6 is 11.3 Å². The van der Waals surface area contributed by atoms with Gasteiger partial charge in [-0.25, -0.2) is 0 Å². The molecule has 31 heavy (non-hydrogen) atoms. The van der Waals surface area contributed by atoms with Gasteiger partial charge in [0.15, 0.2) is 11.5 Å². The number of para-hydroxylation sites is 1. The van der Waals surface area contributed by atoms with Crippen LogP contribution in [0.4, 0.5) is 5.00 Å². The van der Waals surface area contributed by atoms with Crippen LogP contribution in [0, 0.1) is 10.1 Å². The number of thiophene rings is 1. The van der Waals surface area contributed by atoms with E-state index in [1.165, 1.54) is 12.1 Å². The van der Waals surface area contributed by atoms with Crippen LogP contribution in [0.25, 0.3) is 11.3 Å². The minimum Gasteiger partial charge on any atom is -0.496 e. The van der Waals surface area contributed by atoms with Gasteiger partial charge in [0.05, 0.1) is 22.5 Å². The highest BCUT2D eigenvalue weighted by atomic mass is 32.1. The molecule has 3 heterocycles.